The summed E-state index contributed by atoms with van der Waals surface area (Å²) in [4.78, 5) is 27.3. The van der Waals surface area contributed by atoms with Crippen LogP contribution in [0.3, 0.4) is 0 Å². The van der Waals surface area contributed by atoms with Crippen molar-refractivity contribution in [3.63, 3.8) is 0 Å². The Morgan fingerprint density at radius 3 is 2.45 bits per heavy atom. The van der Waals surface area contributed by atoms with E-state index in [0.717, 1.165) is 28.8 Å². The van der Waals surface area contributed by atoms with E-state index in [1.807, 2.05) is 66.7 Å². The quantitative estimate of drug-likeness (QED) is 0.728. The minimum atomic E-state index is -0.285. The third-order valence-electron chi connectivity index (χ3n) is 5.16. The van der Waals surface area contributed by atoms with Crippen molar-refractivity contribution in [2.24, 2.45) is 0 Å². The van der Waals surface area contributed by atoms with Crippen LogP contribution >= 0.6 is 0 Å². The second kappa shape index (κ2) is 8.19. The van der Waals surface area contributed by atoms with Gasteiger partial charge in [-0.15, -0.1) is 0 Å². The summed E-state index contributed by atoms with van der Waals surface area (Å²) in [5.41, 5.74) is 4.20. The molecular formula is C24H22N2O3. The maximum atomic E-state index is 12.9. The topological polar surface area (TPSA) is 58.6 Å². The predicted octanol–water partition coefficient (Wildman–Crippen LogP) is 3.68. The molecule has 1 heterocycles. The fourth-order valence-corrected chi connectivity index (χ4v) is 3.73. The van der Waals surface area contributed by atoms with Gasteiger partial charge in [-0.1, -0.05) is 54.6 Å². The van der Waals surface area contributed by atoms with Gasteiger partial charge in [0.25, 0.3) is 5.91 Å². The van der Waals surface area contributed by atoms with E-state index < -0.39 is 0 Å². The zero-order valence-corrected chi connectivity index (χ0v) is 16.2. The molecule has 1 N–H and O–H groups in total. The molecule has 0 saturated carbocycles. The molecule has 1 aliphatic heterocycles. The van der Waals surface area contributed by atoms with Gasteiger partial charge in [-0.2, -0.15) is 0 Å². The van der Waals surface area contributed by atoms with Gasteiger partial charge in [-0.3, -0.25) is 9.59 Å². The lowest BCUT2D eigenvalue weighted by Gasteiger charge is -2.18. The van der Waals surface area contributed by atoms with E-state index in [9.17, 15) is 9.59 Å². The van der Waals surface area contributed by atoms with Crippen LogP contribution in [0.4, 0.5) is 5.69 Å². The lowest BCUT2D eigenvalue weighted by atomic mass is 9.98. The number of anilines is 1. The Morgan fingerprint density at radius 1 is 0.931 bits per heavy atom. The summed E-state index contributed by atoms with van der Waals surface area (Å²) in [6.45, 7) is 0.597. The number of amides is 2. The molecule has 0 aliphatic carbocycles. The number of para-hydroxylation sites is 2. The maximum absolute atomic E-state index is 12.9. The van der Waals surface area contributed by atoms with Crippen LogP contribution in [0.25, 0.3) is 11.1 Å². The van der Waals surface area contributed by atoms with Crippen molar-refractivity contribution in [1.29, 1.82) is 0 Å². The van der Waals surface area contributed by atoms with Gasteiger partial charge in [0.2, 0.25) is 5.91 Å². The molecule has 0 fully saturated rings. The minimum absolute atomic E-state index is 0.0482. The summed E-state index contributed by atoms with van der Waals surface area (Å²) >= 11 is 0. The van der Waals surface area contributed by atoms with Gasteiger partial charge in [0.1, 0.15) is 5.75 Å². The molecule has 0 aromatic heterocycles. The Morgan fingerprint density at radius 2 is 1.62 bits per heavy atom. The highest BCUT2D eigenvalue weighted by Gasteiger charge is 2.24. The van der Waals surface area contributed by atoms with Gasteiger partial charge in [0.15, 0.2) is 0 Å². The highest BCUT2D eigenvalue weighted by atomic mass is 16.5. The normalized spacial score (nSPS) is 12.4. The number of benzene rings is 3. The molecule has 0 spiro atoms. The molecule has 5 nitrogen and oxygen atoms in total. The van der Waals surface area contributed by atoms with Crippen molar-refractivity contribution in [1.82, 2.24) is 5.32 Å². The first kappa shape index (κ1) is 18.7. The number of hydrogen-bond acceptors (Lipinski definition) is 3. The van der Waals surface area contributed by atoms with Crippen molar-refractivity contribution >= 4 is 17.5 Å². The first-order valence-electron chi connectivity index (χ1n) is 9.58. The maximum Gasteiger partial charge on any atom is 0.252 e. The molecule has 0 saturated heterocycles. The zero-order valence-electron chi connectivity index (χ0n) is 16.2. The molecule has 146 valence electrons. The van der Waals surface area contributed by atoms with Crippen molar-refractivity contribution in [3.05, 3.63) is 83.9 Å². The zero-order chi connectivity index (χ0) is 20.2. The van der Waals surface area contributed by atoms with Crippen LogP contribution < -0.4 is 15.0 Å². The number of methoxy groups -OCH3 is 1. The first-order chi connectivity index (χ1) is 14.2. The van der Waals surface area contributed by atoms with Crippen molar-refractivity contribution in [2.45, 2.75) is 6.42 Å². The number of fused-ring (bicyclic) bond motifs is 1. The minimum Gasteiger partial charge on any atom is -0.496 e. The first-order valence-corrected chi connectivity index (χ1v) is 9.58. The van der Waals surface area contributed by atoms with Gasteiger partial charge in [0.05, 0.1) is 13.7 Å². The summed E-state index contributed by atoms with van der Waals surface area (Å²) in [6, 6.07) is 22.8. The summed E-state index contributed by atoms with van der Waals surface area (Å²) in [5, 5.41) is 2.78. The van der Waals surface area contributed by atoms with Crippen LogP contribution in [-0.4, -0.2) is 32.0 Å². The largest absolute Gasteiger partial charge is 0.496 e. The lowest BCUT2D eigenvalue weighted by molar-refractivity contribution is -0.117. The Labute approximate surface area is 169 Å². The molecular weight excluding hydrogens is 364 g/mol. The van der Waals surface area contributed by atoms with E-state index in [-0.39, 0.29) is 18.4 Å². The van der Waals surface area contributed by atoms with Gasteiger partial charge in [-0.05, 0) is 35.7 Å². The van der Waals surface area contributed by atoms with E-state index in [4.69, 9.17) is 4.74 Å². The van der Waals surface area contributed by atoms with E-state index in [1.54, 1.807) is 18.1 Å². The molecule has 5 heteroatoms. The summed E-state index contributed by atoms with van der Waals surface area (Å²) in [6.07, 6.45) is 0.840. The lowest BCUT2D eigenvalue weighted by Crippen LogP contribution is -2.39. The van der Waals surface area contributed by atoms with Crippen LogP contribution in [0.1, 0.15) is 15.9 Å². The number of carbonyl (C=O) groups excluding carboxylic acids is 2. The number of ether oxygens (including phenoxy) is 1. The molecule has 3 aromatic rings. The molecule has 0 bridgehead atoms. The Hall–Kier alpha value is -3.60. The van der Waals surface area contributed by atoms with Crippen LogP contribution in [0.15, 0.2) is 72.8 Å². The highest BCUT2D eigenvalue weighted by Crippen LogP contribution is 2.32. The third-order valence-corrected chi connectivity index (χ3v) is 5.16. The Kier molecular flexibility index (Phi) is 5.29. The van der Waals surface area contributed by atoms with Gasteiger partial charge in [0, 0.05) is 23.4 Å². The molecule has 2 amide bonds. The number of hydrogen-bond donors (Lipinski definition) is 1. The van der Waals surface area contributed by atoms with Gasteiger partial charge >= 0.3 is 0 Å². The molecule has 0 atom stereocenters. The fraction of sp³-hybridized carbons (Fsp3) is 0.167. The van der Waals surface area contributed by atoms with E-state index >= 15 is 0 Å². The Bertz CT molecular complexity index is 1060. The van der Waals surface area contributed by atoms with Gasteiger partial charge in [-0.25, -0.2) is 0 Å². The molecule has 3 aromatic carbocycles. The molecule has 0 radical (unpaired) electrons. The monoisotopic (exact) mass is 386 g/mol. The second-order valence-corrected chi connectivity index (χ2v) is 6.85. The summed E-state index contributed by atoms with van der Waals surface area (Å²) in [7, 11) is 1.61. The Balaban J connectivity index is 1.51. The van der Waals surface area contributed by atoms with Crippen LogP contribution in [0.2, 0.25) is 0 Å². The number of nitrogens with one attached hydrogen (secondary N) is 1. The van der Waals surface area contributed by atoms with Crippen LogP contribution in [-0.2, 0) is 11.2 Å². The summed E-state index contributed by atoms with van der Waals surface area (Å²) in [5.74, 6) is 0.294. The highest BCUT2D eigenvalue weighted by molar-refractivity contribution is 6.04. The third kappa shape index (κ3) is 3.72. The molecule has 1 aliphatic rings. The molecule has 0 unspecified atom stereocenters. The summed E-state index contributed by atoms with van der Waals surface area (Å²) < 4.78 is 5.44. The van der Waals surface area contributed by atoms with E-state index in [1.165, 1.54) is 0 Å². The SMILES string of the molecule is COc1ccccc1-c1ccccc1C(=O)NCC(=O)N1CCc2ccccc21. The fourth-order valence-electron chi connectivity index (χ4n) is 3.73. The number of carbonyl (C=O) groups is 2. The number of nitrogens with zero attached hydrogens (tertiary/aromatic N) is 1. The van der Waals surface area contributed by atoms with Crippen molar-refractivity contribution < 1.29 is 14.3 Å². The smallest absolute Gasteiger partial charge is 0.252 e. The average molecular weight is 386 g/mol. The molecule has 29 heavy (non-hydrogen) atoms. The van der Waals surface area contributed by atoms with Crippen LogP contribution in [0, 0.1) is 0 Å². The van der Waals surface area contributed by atoms with E-state index in [0.29, 0.717) is 17.9 Å². The van der Waals surface area contributed by atoms with Crippen molar-refractivity contribution in [2.75, 3.05) is 25.1 Å². The van der Waals surface area contributed by atoms with Crippen molar-refractivity contribution in [3.8, 4) is 16.9 Å². The predicted molar refractivity (Wildman–Crippen MR) is 113 cm³/mol. The second-order valence-electron chi connectivity index (χ2n) is 6.85. The van der Waals surface area contributed by atoms with E-state index in [2.05, 4.69) is 5.32 Å². The average Bonchev–Trinajstić information content (AvgIpc) is 3.21. The van der Waals surface area contributed by atoms with Crippen LogP contribution in [0.5, 0.6) is 5.75 Å². The number of rotatable bonds is 5. The van der Waals surface area contributed by atoms with Gasteiger partial charge < -0.3 is 15.0 Å². The standard InChI is InChI=1S/C24H22N2O3/c1-29-22-13-7-5-10-19(22)18-9-3-4-11-20(18)24(28)25-16-23(27)26-15-14-17-8-2-6-12-21(17)26/h2-13H,14-16H2,1H3,(H,25,28). The molecule has 4 rings (SSSR count).